The van der Waals surface area contributed by atoms with Crippen LogP contribution in [-0.4, -0.2) is 92.6 Å². The number of Topliss-reactive ketones (excluding diaryl/α,β-unsaturated/α-hetero) is 3. The number of hydrogen-bond acceptors (Lipinski definition) is 13. The second-order valence-corrected chi connectivity index (χ2v) is 21.3. The van der Waals surface area contributed by atoms with Gasteiger partial charge in [0, 0.05) is 69.6 Å². The Bertz CT molecular complexity index is 1690. The van der Waals surface area contributed by atoms with Crippen molar-refractivity contribution in [1.29, 1.82) is 0 Å². The van der Waals surface area contributed by atoms with Crippen LogP contribution in [0.3, 0.4) is 0 Å². The summed E-state index contributed by atoms with van der Waals surface area (Å²) in [5.74, 6) is -4.36. The van der Waals surface area contributed by atoms with E-state index >= 15 is 0 Å². The van der Waals surface area contributed by atoms with E-state index in [1.165, 1.54) is 24.3 Å². The van der Waals surface area contributed by atoms with E-state index in [0.29, 0.717) is 20.3 Å². The minimum absolute atomic E-state index is 0.00129. The number of ether oxygens (including phenoxy) is 1. The lowest BCUT2D eigenvalue weighted by Gasteiger charge is -2.36. The van der Waals surface area contributed by atoms with Crippen LogP contribution in [0, 0.1) is 39.2 Å². The molecule has 0 spiro atoms. The smallest absolute Gasteiger partial charge is 0.318 e. The van der Waals surface area contributed by atoms with Gasteiger partial charge in [-0.15, -0.1) is 0 Å². The Morgan fingerprint density at radius 2 is 1.30 bits per heavy atom. The summed E-state index contributed by atoms with van der Waals surface area (Å²) in [5.41, 5.74) is -0.858. The number of carbonyl (C=O) groups excluding carboxylic acids is 4. The van der Waals surface area contributed by atoms with E-state index in [1.54, 1.807) is 13.8 Å². The van der Waals surface area contributed by atoms with E-state index in [9.17, 15) is 39.4 Å². The molecule has 0 saturated heterocycles. The summed E-state index contributed by atoms with van der Waals surface area (Å²) in [4.78, 5) is 71.2. The molecule has 0 aliphatic carbocycles. The molecule has 3 N–H and O–H groups in total. The fourth-order valence-corrected chi connectivity index (χ4v) is 7.24. The molecule has 0 amide bonds. The summed E-state index contributed by atoms with van der Waals surface area (Å²) in [7, 11) is -1.87. The number of ketones is 3. The summed E-state index contributed by atoms with van der Waals surface area (Å²) < 4.78 is 11.9. The fourth-order valence-electron chi connectivity index (χ4n) is 4.44. The number of nitrogens with zero attached hydrogens (tertiary/aromatic N) is 2. The molecule has 0 bridgehead atoms. The van der Waals surface area contributed by atoms with Gasteiger partial charge in [-0.25, -0.2) is 0 Å². The summed E-state index contributed by atoms with van der Waals surface area (Å²) >= 11 is 15.8. The molecule has 2 aromatic carbocycles. The highest BCUT2D eigenvalue weighted by Crippen LogP contribution is 2.36. The van der Waals surface area contributed by atoms with Crippen molar-refractivity contribution >= 4 is 111 Å². The zero-order valence-corrected chi connectivity index (χ0v) is 37.9. The van der Waals surface area contributed by atoms with Gasteiger partial charge in [0.05, 0.1) is 29.0 Å². The largest absolute Gasteiger partial charge is 0.465 e. The van der Waals surface area contributed by atoms with Gasteiger partial charge in [0.25, 0.3) is 11.4 Å². The summed E-state index contributed by atoms with van der Waals surface area (Å²) in [6.45, 7) is 15.2. The van der Waals surface area contributed by atoms with E-state index in [-0.39, 0.29) is 76.9 Å². The minimum Gasteiger partial charge on any atom is -0.465 e. The lowest BCUT2D eigenvalue weighted by Crippen LogP contribution is -2.43. The molecule has 54 heavy (non-hydrogen) atoms. The number of aliphatic hydroxyl groups is 1. The molecule has 0 aliphatic rings. The van der Waals surface area contributed by atoms with Crippen molar-refractivity contribution in [2.24, 2.45) is 11.8 Å². The van der Waals surface area contributed by atoms with Gasteiger partial charge in [0.2, 0.25) is 0 Å². The van der Waals surface area contributed by atoms with Gasteiger partial charge in [0.15, 0.2) is 19.9 Å². The Kier molecular flexibility index (Phi) is 21.4. The van der Waals surface area contributed by atoms with Crippen LogP contribution in [0.25, 0.3) is 0 Å². The SMILES string of the molecule is CCC(=O)C(CNCCO[Si](C)(C)C(C)(C)C)C(=O)c1cc(I)cc([N+](=O)[O-])c1Cl.CCOC(=O)C(CNCCO)C(=O)c1cc(I)cc([N+](=O)[O-])c1Cl. The molecular weight excluding hydrogens is 993 g/mol. The number of benzene rings is 2. The van der Waals surface area contributed by atoms with Crippen LogP contribution in [0.1, 0.15) is 61.8 Å². The summed E-state index contributed by atoms with van der Waals surface area (Å²) in [5, 5.41) is 36.5. The lowest BCUT2D eigenvalue weighted by atomic mass is 9.92. The highest BCUT2D eigenvalue weighted by Gasteiger charge is 2.37. The van der Waals surface area contributed by atoms with E-state index < -0.39 is 53.2 Å². The summed E-state index contributed by atoms with van der Waals surface area (Å²) in [6, 6.07) is 5.40. The molecule has 300 valence electrons. The molecule has 2 rings (SSSR count). The highest BCUT2D eigenvalue weighted by molar-refractivity contribution is 14.1. The van der Waals surface area contributed by atoms with Gasteiger partial charge in [-0.3, -0.25) is 39.4 Å². The zero-order chi connectivity index (χ0) is 41.6. The normalized spacial score (nSPS) is 12.6. The average Bonchev–Trinajstić information content (AvgIpc) is 3.08. The maximum absolute atomic E-state index is 13.1. The number of rotatable bonds is 20. The molecular formula is C34H46Cl2I2N4O11Si. The third-order valence-electron chi connectivity index (χ3n) is 8.44. The van der Waals surface area contributed by atoms with E-state index in [4.69, 9.17) is 37.5 Å². The first-order valence-corrected chi connectivity index (χ1v) is 22.6. The molecule has 0 aliphatic heterocycles. The lowest BCUT2D eigenvalue weighted by molar-refractivity contribution is -0.384. The third kappa shape index (κ3) is 14.7. The van der Waals surface area contributed by atoms with Crippen LogP contribution < -0.4 is 10.6 Å². The number of nitro benzene ring substituents is 2. The first-order valence-electron chi connectivity index (χ1n) is 16.8. The Morgan fingerprint density at radius 1 is 0.852 bits per heavy atom. The Labute approximate surface area is 352 Å². The number of esters is 1. The Morgan fingerprint density at radius 3 is 1.70 bits per heavy atom. The van der Waals surface area contributed by atoms with Gasteiger partial charge in [-0.05, 0) is 82.4 Å². The van der Waals surface area contributed by atoms with E-state index in [0.717, 1.165) is 0 Å². The standard InChI is InChI=1S/C20H30ClIN2O5Si.C14H16ClIN2O6/c1-7-17(25)15(12-23-8-9-29-30(5,6)20(2,3)4)19(26)14-10-13(22)11-16(18(14)21)24(27)28;1-2-24-14(21)10(7-17-3-4-19)13(20)9-5-8(16)6-11(12(9)15)18(22)23/h10-11,15,23H,7-9,12H2,1-6H3;5-6,10,17,19H,2-4,7H2,1H3. The molecule has 0 aromatic heterocycles. The topological polar surface area (TPSA) is 217 Å². The first kappa shape index (κ1) is 49.8. The number of aliphatic hydroxyl groups excluding tert-OH is 1. The van der Waals surface area contributed by atoms with Crippen molar-refractivity contribution in [3.8, 4) is 0 Å². The van der Waals surface area contributed by atoms with Gasteiger partial charge < -0.3 is 24.9 Å². The second kappa shape index (κ2) is 23.1. The molecule has 20 heteroatoms. The van der Waals surface area contributed by atoms with Crippen LogP contribution in [0.4, 0.5) is 11.4 Å². The van der Waals surface area contributed by atoms with Crippen LogP contribution >= 0.6 is 68.4 Å². The van der Waals surface area contributed by atoms with E-state index in [2.05, 4.69) is 44.5 Å². The van der Waals surface area contributed by atoms with Crippen molar-refractivity contribution in [2.45, 2.75) is 59.2 Å². The number of halogens is 4. The second-order valence-electron chi connectivity index (χ2n) is 13.2. The monoisotopic (exact) mass is 1040 g/mol. The first-order chi connectivity index (χ1) is 25.1. The molecule has 2 unspecified atom stereocenters. The molecule has 0 radical (unpaired) electrons. The molecule has 2 atom stereocenters. The number of hydrogen-bond donors (Lipinski definition) is 3. The molecule has 15 nitrogen and oxygen atoms in total. The number of nitro groups is 2. The molecule has 2 aromatic rings. The third-order valence-corrected chi connectivity index (χ3v) is 15.0. The van der Waals surface area contributed by atoms with Crippen molar-refractivity contribution in [1.82, 2.24) is 10.6 Å². The summed E-state index contributed by atoms with van der Waals surface area (Å²) in [6.07, 6.45) is 0.183. The zero-order valence-electron chi connectivity index (χ0n) is 31.1. The van der Waals surface area contributed by atoms with Gasteiger partial charge >= 0.3 is 5.97 Å². The van der Waals surface area contributed by atoms with Crippen molar-refractivity contribution in [3.05, 3.63) is 72.8 Å². The van der Waals surface area contributed by atoms with Gasteiger partial charge in [-0.1, -0.05) is 50.9 Å². The highest BCUT2D eigenvalue weighted by atomic mass is 127. The fraction of sp³-hybridized carbons (Fsp3) is 0.529. The maximum atomic E-state index is 13.1. The average molecular weight is 1040 g/mol. The van der Waals surface area contributed by atoms with Gasteiger partial charge in [-0.2, -0.15) is 0 Å². The van der Waals surface area contributed by atoms with Crippen LogP contribution in [0.5, 0.6) is 0 Å². The Hall–Kier alpha value is -2.18. The Balaban J connectivity index is 0.000000553. The minimum atomic E-state index is -1.87. The van der Waals surface area contributed by atoms with Gasteiger partial charge in [0.1, 0.15) is 21.7 Å². The van der Waals surface area contributed by atoms with E-state index in [1.807, 2.05) is 45.2 Å². The predicted octanol–water partition coefficient (Wildman–Crippen LogP) is 7.04. The van der Waals surface area contributed by atoms with Crippen LogP contribution in [0.15, 0.2) is 24.3 Å². The molecule has 0 saturated carbocycles. The quantitative estimate of drug-likeness (QED) is 0.0178. The number of carbonyl (C=O) groups is 4. The van der Waals surface area contributed by atoms with Crippen molar-refractivity contribution in [3.63, 3.8) is 0 Å². The predicted molar refractivity (Wildman–Crippen MR) is 225 cm³/mol. The van der Waals surface area contributed by atoms with Crippen molar-refractivity contribution in [2.75, 3.05) is 46.0 Å². The number of nitrogens with one attached hydrogen (secondary N) is 2. The van der Waals surface area contributed by atoms with Crippen LogP contribution in [0.2, 0.25) is 28.2 Å². The molecule has 0 heterocycles. The van der Waals surface area contributed by atoms with Crippen LogP contribution in [-0.2, 0) is 18.8 Å². The molecule has 0 fully saturated rings. The maximum Gasteiger partial charge on any atom is 0.318 e. The van der Waals surface area contributed by atoms with Crippen molar-refractivity contribution < 1.29 is 43.3 Å².